The standard InChI is InChI=1S/C13H29N3OS3/c1-13(8-18-5-2-14)9-19-6-3-15-11-17-12-16-4-7-20-10-13/h15-16H,2-12,14H2,1H3. The Hall–Kier alpha value is 0.890. The fraction of sp³-hybridized carbons (Fsp3) is 1.00. The summed E-state index contributed by atoms with van der Waals surface area (Å²) in [6.07, 6.45) is 0. The maximum atomic E-state index is 5.60. The van der Waals surface area contributed by atoms with Crippen LogP contribution >= 0.6 is 35.3 Å². The zero-order valence-electron chi connectivity index (χ0n) is 12.5. The summed E-state index contributed by atoms with van der Waals surface area (Å²) in [6, 6.07) is 0. The molecule has 7 heteroatoms. The smallest absolute Gasteiger partial charge is 0.0983 e. The minimum absolute atomic E-state index is 0.412. The predicted molar refractivity (Wildman–Crippen MR) is 96.0 cm³/mol. The number of hydrogen-bond donors (Lipinski definition) is 3. The minimum atomic E-state index is 0.412. The normalized spacial score (nSPS) is 23.1. The lowest BCUT2D eigenvalue weighted by Crippen LogP contribution is -2.31. The van der Waals surface area contributed by atoms with E-state index in [9.17, 15) is 0 Å². The quantitative estimate of drug-likeness (QED) is 0.667. The van der Waals surface area contributed by atoms with Crippen LogP contribution in [0.2, 0.25) is 0 Å². The molecular formula is C13H29N3OS3. The van der Waals surface area contributed by atoms with Gasteiger partial charge in [0.2, 0.25) is 0 Å². The number of nitrogens with one attached hydrogen (secondary N) is 2. The van der Waals surface area contributed by atoms with Crippen molar-refractivity contribution >= 4 is 35.3 Å². The van der Waals surface area contributed by atoms with E-state index in [4.69, 9.17) is 10.5 Å². The van der Waals surface area contributed by atoms with Gasteiger partial charge in [-0.2, -0.15) is 35.3 Å². The summed E-state index contributed by atoms with van der Waals surface area (Å²) < 4.78 is 5.43. The van der Waals surface area contributed by atoms with Gasteiger partial charge >= 0.3 is 0 Å². The van der Waals surface area contributed by atoms with Crippen LogP contribution in [0.3, 0.4) is 0 Å². The third-order valence-electron chi connectivity index (χ3n) is 2.87. The van der Waals surface area contributed by atoms with E-state index in [-0.39, 0.29) is 0 Å². The highest BCUT2D eigenvalue weighted by molar-refractivity contribution is 8.01. The molecule has 1 aliphatic rings. The molecule has 1 heterocycles. The molecule has 0 atom stereocenters. The van der Waals surface area contributed by atoms with Gasteiger partial charge in [-0.15, -0.1) is 0 Å². The van der Waals surface area contributed by atoms with E-state index in [1.54, 1.807) is 0 Å². The molecule has 120 valence electrons. The van der Waals surface area contributed by atoms with Crippen molar-refractivity contribution in [3.63, 3.8) is 0 Å². The zero-order chi connectivity index (χ0) is 14.5. The summed E-state index contributed by atoms with van der Waals surface area (Å²) in [4.78, 5) is 0. The lowest BCUT2D eigenvalue weighted by molar-refractivity contribution is 0.103. The first-order valence-electron chi connectivity index (χ1n) is 7.19. The van der Waals surface area contributed by atoms with Gasteiger partial charge < -0.3 is 10.5 Å². The molecule has 0 unspecified atom stereocenters. The van der Waals surface area contributed by atoms with E-state index < -0.39 is 0 Å². The van der Waals surface area contributed by atoms with E-state index in [0.717, 1.165) is 36.9 Å². The molecule has 1 rings (SSSR count). The topological polar surface area (TPSA) is 59.3 Å². The Morgan fingerprint density at radius 2 is 1.75 bits per heavy atom. The molecular weight excluding hydrogens is 310 g/mol. The first-order valence-corrected chi connectivity index (χ1v) is 10.7. The summed E-state index contributed by atoms with van der Waals surface area (Å²) in [5.41, 5.74) is 6.01. The van der Waals surface area contributed by atoms with Crippen molar-refractivity contribution in [1.29, 1.82) is 0 Å². The van der Waals surface area contributed by atoms with Gasteiger partial charge in [0.15, 0.2) is 0 Å². The van der Waals surface area contributed by atoms with Crippen LogP contribution in [0.1, 0.15) is 6.92 Å². The molecule has 4 N–H and O–H groups in total. The fourth-order valence-electron chi connectivity index (χ4n) is 1.79. The SMILES string of the molecule is CC1(CSCCN)CSCCNCOCNCCSC1. The Bertz CT molecular complexity index is 221. The largest absolute Gasteiger partial charge is 0.351 e. The van der Waals surface area contributed by atoms with Crippen LogP contribution in [0.25, 0.3) is 0 Å². The van der Waals surface area contributed by atoms with Crippen LogP contribution in [0.4, 0.5) is 0 Å². The van der Waals surface area contributed by atoms with Crippen molar-refractivity contribution in [3.8, 4) is 0 Å². The van der Waals surface area contributed by atoms with E-state index in [1.165, 1.54) is 17.3 Å². The number of hydrogen-bond acceptors (Lipinski definition) is 7. The zero-order valence-corrected chi connectivity index (χ0v) is 14.9. The van der Waals surface area contributed by atoms with Gasteiger partial charge in [-0.05, 0) is 5.41 Å². The molecule has 20 heavy (non-hydrogen) atoms. The van der Waals surface area contributed by atoms with Gasteiger partial charge in [-0.3, -0.25) is 10.6 Å². The molecule has 0 aromatic carbocycles. The van der Waals surface area contributed by atoms with Gasteiger partial charge in [-0.1, -0.05) is 6.92 Å². The fourth-order valence-corrected chi connectivity index (χ4v) is 5.45. The second-order valence-electron chi connectivity index (χ2n) is 5.25. The highest BCUT2D eigenvalue weighted by Crippen LogP contribution is 2.31. The van der Waals surface area contributed by atoms with Crippen LogP contribution in [0.15, 0.2) is 0 Å². The Labute approximate surface area is 136 Å². The highest BCUT2D eigenvalue weighted by atomic mass is 32.2. The van der Waals surface area contributed by atoms with Crippen molar-refractivity contribution in [2.24, 2.45) is 11.1 Å². The van der Waals surface area contributed by atoms with Crippen LogP contribution in [-0.2, 0) is 4.74 Å². The van der Waals surface area contributed by atoms with Crippen LogP contribution in [-0.4, -0.2) is 67.6 Å². The molecule has 0 saturated carbocycles. The van der Waals surface area contributed by atoms with Gasteiger partial charge in [-0.25, -0.2) is 0 Å². The number of rotatable bonds is 4. The van der Waals surface area contributed by atoms with Gasteiger partial charge in [0.05, 0.1) is 13.5 Å². The summed E-state index contributed by atoms with van der Waals surface area (Å²) in [5.74, 6) is 7.05. The Balaban J connectivity index is 2.34. The summed E-state index contributed by atoms with van der Waals surface area (Å²) in [6.45, 7) is 6.53. The van der Waals surface area contributed by atoms with Crippen molar-refractivity contribution in [2.75, 3.05) is 67.6 Å². The lowest BCUT2D eigenvalue weighted by Gasteiger charge is -2.29. The molecule has 0 spiro atoms. The van der Waals surface area contributed by atoms with Crippen molar-refractivity contribution in [1.82, 2.24) is 10.6 Å². The number of ether oxygens (including phenoxy) is 1. The third kappa shape index (κ3) is 9.76. The molecule has 1 aliphatic heterocycles. The summed E-state index contributed by atoms with van der Waals surface area (Å²) >= 11 is 6.11. The second kappa shape index (κ2) is 12.4. The first-order chi connectivity index (χ1) is 9.77. The Morgan fingerprint density at radius 3 is 2.30 bits per heavy atom. The van der Waals surface area contributed by atoms with Crippen molar-refractivity contribution in [3.05, 3.63) is 0 Å². The Morgan fingerprint density at radius 1 is 1.15 bits per heavy atom. The maximum Gasteiger partial charge on any atom is 0.0983 e. The molecule has 1 saturated heterocycles. The number of nitrogens with two attached hydrogens (primary N) is 1. The third-order valence-corrected chi connectivity index (χ3v) is 7.08. The first kappa shape index (κ1) is 18.9. The van der Waals surface area contributed by atoms with E-state index in [0.29, 0.717) is 18.9 Å². The van der Waals surface area contributed by atoms with Gasteiger partial charge in [0.25, 0.3) is 0 Å². The second-order valence-corrected chi connectivity index (χ2v) is 8.57. The molecule has 0 aromatic heterocycles. The maximum absolute atomic E-state index is 5.60. The molecule has 0 amide bonds. The monoisotopic (exact) mass is 339 g/mol. The van der Waals surface area contributed by atoms with Crippen molar-refractivity contribution < 1.29 is 4.74 Å². The highest BCUT2D eigenvalue weighted by Gasteiger charge is 2.24. The van der Waals surface area contributed by atoms with E-state index in [1.807, 2.05) is 11.8 Å². The van der Waals surface area contributed by atoms with Crippen LogP contribution in [0, 0.1) is 5.41 Å². The summed E-state index contributed by atoms with van der Waals surface area (Å²) in [5, 5.41) is 6.62. The lowest BCUT2D eigenvalue weighted by atomic mass is 9.99. The van der Waals surface area contributed by atoms with E-state index >= 15 is 0 Å². The van der Waals surface area contributed by atoms with Gasteiger partial charge in [0, 0.05) is 54.2 Å². The molecule has 1 fully saturated rings. The average Bonchev–Trinajstić information content (AvgIpc) is 2.44. The van der Waals surface area contributed by atoms with E-state index in [2.05, 4.69) is 41.1 Å². The molecule has 0 aliphatic carbocycles. The Kier molecular flexibility index (Phi) is 11.8. The molecule has 0 radical (unpaired) electrons. The summed E-state index contributed by atoms with van der Waals surface area (Å²) in [7, 11) is 0. The molecule has 0 aromatic rings. The predicted octanol–water partition coefficient (Wildman–Crippen LogP) is 1.28. The van der Waals surface area contributed by atoms with Crippen molar-refractivity contribution in [2.45, 2.75) is 6.92 Å². The molecule has 0 bridgehead atoms. The van der Waals surface area contributed by atoms with Crippen LogP contribution in [0.5, 0.6) is 0 Å². The van der Waals surface area contributed by atoms with Crippen LogP contribution < -0.4 is 16.4 Å². The van der Waals surface area contributed by atoms with Gasteiger partial charge in [0.1, 0.15) is 0 Å². The molecule has 4 nitrogen and oxygen atoms in total. The number of thioether (sulfide) groups is 3. The minimum Gasteiger partial charge on any atom is -0.351 e. The average molecular weight is 340 g/mol.